The molecule has 0 radical (unpaired) electrons. The van der Waals surface area contributed by atoms with E-state index in [1.807, 2.05) is 0 Å². The Hall–Kier alpha value is -0.900. The molecule has 8 heteroatoms. The Balaban J connectivity index is 0.00000264. The van der Waals surface area contributed by atoms with Crippen molar-refractivity contribution in [2.24, 2.45) is 10.9 Å². The molecule has 23 heavy (non-hydrogen) atoms. The smallest absolute Gasteiger partial charge is 0.223 e. The van der Waals surface area contributed by atoms with E-state index in [1.54, 1.807) is 14.0 Å². The van der Waals surface area contributed by atoms with Crippen molar-refractivity contribution in [2.45, 2.75) is 46.2 Å². The van der Waals surface area contributed by atoms with E-state index < -0.39 is 0 Å². The molecule has 132 valence electrons. The van der Waals surface area contributed by atoms with Crippen molar-refractivity contribution in [3.05, 3.63) is 11.7 Å². The van der Waals surface area contributed by atoms with Crippen molar-refractivity contribution < 1.29 is 4.52 Å². The van der Waals surface area contributed by atoms with Crippen molar-refractivity contribution in [1.29, 1.82) is 0 Å². The predicted molar refractivity (Wildman–Crippen MR) is 102 cm³/mol. The van der Waals surface area contributed by atoms with Gasteiger partial charge in [0.1, 0.15) is 0 Å². The molecule has 2 rings (SSSR count). The maximum atomic E-state index is 4.96. The van der Waals surface area contributed by atoms with Gasteiger partial charge in [-0.25, -0.2) is 0 Å². The number of nitrogens with zero attached hydrogens (tertiary/aromatic N) is 4. The Morgan fingerprint density at radius 1 is 1.39 bits per heavy atom. The van der Waals surface area contributed by atoms with Gasteiger partial charge in [0.25, 0.3) is 0 Å². The second-order valence-corrected chi connectivity index (χ2v) is 6.27. The van der Waals surface area contributed by atoms with E-state index in [-0.39, 0.29) is 24.0 Å². The molecule has 0 aliphatic carbocycles. The molecule has 0 amide bonds. The van der Waals surface area contributed by atoms with Crippen LogP contribution >= 0.6 is 24.0 Å². The zero-order valence-corrected chi connectivity index (χ0v) is 16.8. The summed E-state index contributed by atoms with van der Waals surface area (Å²) in [5, 5.41) is 10.6. The summed E-state index contributed by atoms with van der Waals surface area (Å²) in [5.74, 6) is 2.76. The highest BCUT2D eigenvalue weighted by atomic mass is 127. The van der Waals surface area contributed by atoms with Gasteiger partial charge in [0.05, 0.1) is 6.54 Å². The third-order valence-electron chi connectivity index (χ3n) is 3.76. The normalized spacial score (nSPS) is 17.2. The van der Waals surface area contributed by atoms with E-state index in [1.165, 1.54) is 6.54 Å². The minimum atomic E-state index is 0. The number of aryl methyl sites for hydroxylation is 1. The highest BCUT2D eigenvalue weighted by Crippen LogP contribution is 2.12. The van der Waals surface area contributed by atoms with Gasteiger partial charge in [0, 0.05) is 39.6 Å². The number of hydrogen-bond donors (Lipinski definition) is 2. The molecule has 0 unspecified atom stereocenters. The first kappa shape index (κ1) is 20.1. The van der Waals surface area contributed by atoms with E-state index >= 15 is 0 Å². The third-order valence-corrected chi connectivity index (χ3v) is 3.76. The number of likely N-dealkylation sites (tertiary alicyclic amines) is 1. The van der Waals surface area contributed by atoms with Crippen LogP contribution in [-0.4, -0.2) is 53.7 Å². The largest absolute Gasteiger partial charge is 0.354 e. The van der Waals surface area contributed by atoms with Crippen LogP contribution in [0.4, 0.5) is 0 Å². The van der Waals surface area contributed by atoms with Crippen LogP contribution in [0, 0.1) is 12.8 Å². The van der Waals surface area contributed by atoms with Gasteiger partial charge < -0.3 is 20.1 Å². The fourth-order valence-corrected chi connectivity index (χ4v) is 2.74. The fourth-order valence-electron chi connectivity index (χ4n) is 2.74. The Morgan fingerprint density at radius 3 is 2.61 bits per heavy atom. The molecule has 1 aromatic rings. The number of guanidine groups is 1. The van der Waals surface area contributed by atoms with Gasteiger partial charge in [0.15, 0.2) is 11.8 Å². The molecule has 1 aliphatic heterocycles. The second-order valence-electron chi connectivity index (χ2n) is 6.27. The summed E-state index contributed by atoms with van der Waals surface area (Å²) < 4.78 is 4.96. The van der Waals surface area contributed by atoms with Crippen molar-refractivity contribution in [1.82, 2.24) is 25.7 Å². The summed E-state index contributed by atoms with van der Waals surface area (Å²) in [4.78, 5) is 11.0. The summed E-state index contributed by atoms with van der Waals surface area (Å²) in [6.07, 6.45) is 2.30. The molecular weight excluding hydrogens is 407 g/mol. The van der Waals surface area contributed by atoms with Gasteiger partial charge in [-0.1, -0.05) is 19.0 Å². The summed E-state index contributed by atoms with van der Waals surface area (Å²) in [6, 6.07) is 0.474. The molecule has 1 aliphatic rings. The number of piperidine rings is 1. The van der Waals surface area contributed by atoms with E-state index in [0.717, 1.165) is 37.8 Å². The lowest BCUT2D eigenvalue weighted by Crippen LogP contribution is -2.49. The average Bonchev–Trinajstić information content (AvgIpc) is 2.90. The van der Waals surface area contributed by atoms with Gasteiger partial charge in [-0.15, -0.1) is 24.0 Å². The molecule has 0 spiro atoms. The Labute approximate surface area is 155 Å². The number of aliphatic imine (C=N–C) groups is 1. The molecular formula is C15H29IN6O. The molecule has 0 saturated carbocycles. The monoisotopic (exact) mass is 436 g/mol. The maximum absolute atomic E-state index is 4.96. The lowest BCUT2D eigenvalue weighted by molar-refractivity contribution is 0.187. The topological polar surface area (TPSA) is 78.6 Å². The van der Waals surface area contributed by atoms with E-state index in [0.29, 0.717) is 24.3 Å². The first-order chi connectivity index (χ1) is 10.6. The van der Waals surface area contributed by atoms with Crippen molar-refractivity contribution >= 4 is 29.9 Å². The van der Waals surface area contributed by atoms with Gasteiger partial charge in [-0.2, -0.15) is 4.98 Å². The van der Waals surface area contributed by atoms with Crippen molar-refractivity contribution in [3.8, 4) is 0 Å². The third kappa shape index (κ3) is 7.03. The fraction of sp³-hybridized carbons (Fsp3) is 0.800. The minimum Gasteiger partial charge on any atom is -0.354 e. The lowest BCUT2D eigenvalue weighted by atomic mass is 10.0. The molecule has 2 N–H and O–H groups in total. The van der Waals surface area contributed by atoms with E-state index in [2.05, 4.69) is 44.5 Å². The summed E-state index contributed by atoms with van der Waals surface area (Å²) in [5.41, 5.74) is 0. The van der Waals surface area contributed by atoms with Crippen LogP contribution in [0.25, 0.3) is 0 Å². The Kier molecular flexibility index (Phi) is 8.82. The number of nitrogens with one attached hydrogen (secondary N) is 2. The standard InChI is InChI=1S/C15H28N6O.HI/c1-11(2)10-21-7-5-13(6-8-21)19-15(16-4)17-9-14-18-12(3)22-20-14;/h11,13H,5-10H2,1-4H3,(H2,16,17,19);1H. The molecule has 1 aromatic heterocycles. The molecule has 1 saturated heterocycles. The lowest BCUT2D eigenvalue weighted by Gasteiger charge is -2.33. The summed E-state index contributed by atoms with van der Waals surface area (Å²) >= 11 is 0. The molecule has 0 atom stereocenters. The van der Waals surface area contributed by atoms with E-state index in [9.17, 15) is 0 Å². The molecule has 0 bridgehead atoms. The first-order valence-electron chi connectivity index (χ1n) is 8.05. The van der Waals surface area contributed by atoms with Crippen LogP contribution in [0.3, 0.4) is 0 Å². The summed E-state index contributed by atoms with van der Waals surface area (Å²) in [6.45, 7) is 10.3. The zero-order chi connectivity index (χ0) is 15.9. The number of halogens is 1. The molecule has 2 heterocycles. The van der Waals surface area contributed by atoms with Gasteiger partial charge >= 0.3 is 0 Å². The number of rotatable bonds is 5. The SMILES string of the molecule is CN=C(NCc1noc(C)n1)NC1CCN(CC(C)C)CC1.I. The second kappa shape index (κ2) is 10.1. The predicted octanol–water partition coefficient (Wildman–Crippen LogP) is 1.78. The molecule has 7 nitrogen and oxygen atoms in total. The molecule has 0 aromatic carbocycles. The van der Waals surface area contributed by atoms with Gasteiger partial charge in [-0.3, -0.25) is 4.99 Å². The van der Waals surface area contributed by atoms with Crippen LogP contribution in [0.5, 0.6) is 0 Å². The van der Waals surface area contributed by atoms with Crippen LogP contribution in [0.2, 0.25) is 0 Å². The van der Waals surface area contributed by atoms with Crippen LogP contribution < -0.4 is 10.6 Å². The maximum Gasteiger partial charge on any atom is 0.223 e. The Morgan fingerprint density at radius 2 is 2.09 bits per heavy atom. The number of aromatic nitrogens is 2. The highest BCUT2D eigenvalue weighted by molar-refractivity contribution is 14.0. The summed E-state index contributed by atoms with van der Waals surface area (Å²) in [7, 11) is 1.78. The van der Waals surface area contributed by atoms with E-state index in [4.69, 9.17) is 4.52 Å². The first-order valence-corrected chi connectivity index (χ1v) is 8.05. The molecule has 1 fully saturated rings. The highest BCUT2D eigenvalue weighted by Gasteiger charge is 2.20. The van der Waals surface area contributed by atoms with Gasteiger partial charge in [0.2, 0.25) is 5.89 Å². The average molecular weight is 436 g/mol. The van der Waals surface area contributed by atoms with Crippen LogP contribution in [0.15, 0.2) is 9.52 Å². The van der Waals surface area contributed by atoms with Crippen molar-refractivity contribution in [2.75, 3.05) is 26.7 Å². The van der Waals surface area contributed by atoms with Crippen molar-refractivity contribution in [3.63, 3.8) is 0 Å². The van der Waals surface area contributed by atoms with Gasteiger partial charge in [-0.05, 0) is 18.8 Å². The number of hydrogen-bond acceptors (Lipinski definition) is 5. The Bertz CT molecular complexity index is 482. The van der Waals surface area contributed by atoms with Crippen LogP contribution in [-0.2, 0) is 6.54 Å². The minimum absolute atomic E-state index is 0. The quantitative estimate of drug-likeness (QED) is 0.416. The zero-order valence-electron chi connectivity index (χ0n) is 14.5. The van der Waals surface area contributed by atoms with Crippen LogP contribution in [0.1, 0.15) is 38.4 Å².